The highest BCUT2D eigenvalue weighted by Gasteiger charge is 2.11. The van der Waals surface area contributed by atoms with E-state index < -0.39 is 5.91 Å². The molecule has 1 aromatic rings. The summed E-state index contributed by atoms with van der Waals surface area (Å²) in [5.41, 5.74) is 7.19. The fourth-order valence-corrected chi connectivity index (χ4v) is 1.36. The van der Waals surface area contributed by atoms with E-state index in [2.05, 4.69) is 9.78 Å². The molecule has 0 aliphatic carbocycles. The smallest absolute Gasteiger partial charge is 0.249 e. The zero-order valence-electron chi connectivity index (χ0n) is 7.84. The van der Waals surface area contributed by atoms with Crippen LogP contribution in [0.1, 0.15) is 15.9 Å². The predicted molar refractivity (Wildman–Crippen MR) is 54.2 cm³/mol. The van der Waals surface area contributed by atoms with Crippen LogP contribution in [0.15, 0.2) is 42.9 Å². The van der Waals surface area contributed by atoms with Gasteiger partial charge in [0.2, 0.25) is 5.91 Å². The number of nitrogens with two attached hydrogens (primary N) is 1. The normalized spacial score (nSPS) is 13.7. The van der Waals surface area contributed by atoms with E-state index >= 15 is 0 Å². The quantitative estimate of drug-likeness (QED) is 0.742. The molecule has 0 atom stereocenters. The molecule has 0 saturated carbocycles. The van der Waals surface area contributed by atoms with Crippen molar-refractivity contribution in [3.63, 3.8) is 0 Å². The first kappa shape index (κ1) is 9.33. The second kappa shape index (κ2) is 3.88. The van der Waals surface area contributed by atoms with Crippen LogP contribution in [0.25, 0.3) is 5.57 Å². The van der Waals surface area contributed by atoms with E-state index in [9.17, 15) is 4.79 Å². The van der Waals surface area contributed by atoms with Gasteiger partial charge in [-0.05, 0) is 17.7 Å². The standard InChI is InChI=1S/C11H9NO3/c12-11(13)10-4-2-1-3-9(10)8-5-6-14-15-7-8/h1-7H,(H2,12,13). The van der Waals surface area contributed by atoms with Crippen molar-refractivity contribution in [2.75, 3.05) is 0 Å². The average molecular weight is 203 g/mol. The van der Waals surface area contributed by atoms with Crippen molar-refractivity contribution in [1.29, 1.82) is 0 Å². The van der Waals surface area contributed by atoms with Gasteiger partial charge in [-0.3, -0.25) is 14.6 Å². The summed E-state index contributed by atoms with van der Waals surface area (Å²) in [6, 6.07) is 7.05. The zero-order valence-corrected chi connectivity index (χ0v) is 7.84. The molecular formula is C11H9NO3. The van der Waals surface area contributed by atoms with Gasteiger partial charge in [-0.25, -0.2) is 0 Å². The SMILES string of the molecule is NC(=O)c1ccccc1C1=COOC=C1. The van der Waals surface area contributed by atoms with Crippen LogP contribution in [-0.2, 0) is 9.78 Å². The number of carbonyl (C=O) groups is 1. The van der Waals surface area contributed by atoms with Gasteiger partial charge in [-0.15, -0.1) is 0 Å². The molecule has 0 spiro atoms. The number of amides is 1. The van der Waals surface area contributed by atoms with Crippen molar-refractivity contribution >= 4 is 11.5 Å². The summed E-state index contributed by atoms with van der Waals surface area (Å²) >= 11 is 0. The van der Waals surface area contributed by atoms with Crippen molar-refractivity contribution in [2.24, 2.45) is 5.73 Å². The van der Waals surface area contributed by atoms with Crippen LogP contribution in [0, 0.1) is 0 Å². The molecule has 0 aromatic heterocycles. The second-order valence-corrected chi connectivity index (χ2v) is 2.98. The van der Waals surface area contributed by atoms with Crippen LogP contribution >= 0.6 is 0 Å². The first-order valence-corrected chi connectivity index (χ1v) is 4.37. The van der Waals surface area contributed by atoms with Crippen LogP contribution in [0.4, 0.5) is 0 Å². The maximum Gasteiger partial charge on any atom is 0.249 e. The summed E-state index contributed by atoms with van der Waals surface area (Å²) < 4.78 is 0. The van der Waals surface area contributed by atoms with Crippen molar-refractivity contribution < 1.29 is 14.6 Å². The molecule has 1 aliphatic rings. The van der Waals surface area contributed by atoms with Gasteiger partial charge in [0.05, 0.1) is 0 Å². The zero-order chi connectivity index (χ0) is 10.7. The molecule has 1 heterocycles. The third-order valence-electron chi connectivity index (χ3n) is 2.04. The molecule has 0 saturated heterocycles. The highest BCUT2D eigenvalue weighted by atomic mass is 17.2. The van der Waals surface area contributed by atoms with Crippen LogP contribution < -0.4 is 5.73 Å². The Balaban J connectivity index is 2.47. The van der Waals surface area contributed by atoms with Crippen molar-refractivity contribution in [3.8, 4) is 0 Å². The van der Waals surface area contributed by atoms with Crippen LogP contribution in [0.5, 0.6) is 0 Å². The molecule has 0 bridgehead atoms. The lowest BCUT2D eigenvalue weighted by Gasteiger charge is -2.09. The molecule has 0 unspecified atom stereocenters. The van der Waals surface area contributed by atoms with E-state index in [-0.39, 0.29) is 0 Å². The van der Waals surface area contributed by atoms with Crippen LogP contribution in [0.2, 0.25) is 0 Å². The molecular weight excluding hydrogens is 194 g/mol. The van der Waals surface area contributed by atoms with E-state index in [0.29, 0.717) is 5.56 Å². The number of rotatable bonds is 2. The molecule has 0 fully saturated rings. The summed E-state index contributed by atoms with van der Waals surface area (Å²) in [7, 11) is 0. The Morgan fingerprint density at radius 1 is 1.20 bits per heavy atom. The van der Waals surface area contributed by atoms with Gasteiger partial charge in [0.25, 0.3) is 0 Å². The number of benzene rings is 1. The Labute approximate surface area is 86.5 Å². The van der Waals surface area contributed by atoms with Crippen molar-refractivity contribution in [1.82, 2.24) is 0 Å². The molecule has 76 valence electrons. The number of hydrogen-bond acceptors (Lipinski definition) is 3. The topological polar surface area (TPSA) is 61.6 Å². The van der Waals surface area contributed by atoms with E-state index in [1.54, 1.807) is 24.3 Å². The molecule has 2 rings (SSSR count). The first-order chi connectivity index (χ1) is 7.29. The van der Waals surface area contributed by atoms with Crippen molar-refractivity contribution in [3.05, 3.63) is 54.0 Å². The summed E-state index contributed by atoms with van der Waals surface area (Å²) in [5.74, 6) is -0.466. The monoisotopic (exact) mass is 203 g/mol. The number of carbonyl (C=O) groups excluding carboxylic acids is 1. The number of hydrogen-bond donors (Lipinski definition) is 1. The van der Waals surface area contributed by atoms with Crippen LogP contribution in [0.3, 0.4) is 0 Å². The Morgan fingerprint density at radius 2 is 2.00 bits per heavy atom. The lowest BCUT2D eigenvalue weighted by atomic mass is 10.00. The minimum atomic E-state index is -0.466. The summed E-state index contributed by atoms with van der Waals surface area (Å²) in [6.07, 6.45) is 4.51. The molecule has 15 heavy (non-hydrogen) atoms. The summed E-state index contributed by atoms with van der Waals surface area (Å²) in [5, 5.41) is 0. The van der Waals surface area contributed by atoms with Crippen LogP contribution in [-0.4, -0.2) is 5.91 Å². The Morgan fingerprint density at radius 3 is 2.67 bits per heavy atom. The molecule has 2 N–H and O–H groups in total. The minimum absolute atomic E-state index is 0.457. The fourth-order valence-electron chi connectivity index (χ4n) is 1.36. The second-order valence-electron chi connectivity index (χ2n) is 2.98. The van der Waals surface area contributed by atoms with Gasteiger partial charge in [-0.2, -0.15) is 0 Å². The molecule has 1 aliphatic heterocycles. The van der Waals surface area contributed by atoms with E-state index in [1.165, 1.54) is 12.5 Å². The van der Waals surface area contributed by atoms with Gasteiger partial charge in [0, 0.05) is 11.1 Å². The van der Waals surface area contributed by atoms with Gasteiger partial charge in [0.15, 0.2) is 6.26 Å². The molecule has 0 radical (unpaired) electrons. The first-order valence-electron chi connectivity index (χ1n) is 4.37. The van der Waals surface area contributed by atoms with E-state index in [0.717, 1.165) is 11.1 Å². The molecule has 4 heteroatoms. The highest BCUT2D eigenvalue weighted by Crippen LogP contribution is 2.22. The van der Waals surface area contributed by atoms with Gasteiger partial charge >= 0.3 is 0 Å². The lowest BCUT2D eigenvalue weighted by Crippen LogP contribution is -2.13. The third-order valence-corrected chi connectivity index (χ3v) is 2.04. The van der Waals surface area contributed by atoms with E-state index in [4.69, 9.17) is 5.73 Å². The Bertz CT molecular complexity index is 449. The Kier molecular flexibility index (Phi) is 2.41. The fraction of sp³-hybridized carbons (Fsp3) is 0. The van der Waals surface area contributed by atoms with Gasteiger partial charge in [-0.1, -0.05) is 18.2 Å². The van der Waals surface area contributed by atoms with Gasteiger partial charge in [0.1, 0.15) is 6.26 Å². The summed E-state index contributed by atoms with van der Waals surface area (Å²) in [4.78, 5) is 20.4. The number of allylic oxidation sites excluding steroid dienone is 2. The Hall–Kier alpha value is -2.23. The maximum atomic E-state index is 11.2. The van der Waals surface area contributed by atoms with Gasteiger partial charge < -0.3 is 5.73 Å². The number of primary amides is 1. The lowest BCUT2D eigenvalue weighted by molar-refractivity contribution is -0.197. The average Bonchev–Trinajstić information content (AvgIpc) is 2.30. The maximum absolute atomic E-state index is 11.2. The largest absolute Gasteiger partial charge is 0.366 e. The molecule has 4 nitrogen and oxygen atoms in total. The molecule has 1 amide bonds. The third kappa shape index (κ3) is 1.83. The highest BCUT2D eigenvalue weighted by molar-refractivity contribution is 5.99. The predicted octanol–water partition coefficient (Wildman–Crippen LogP) is 1.60. The summed E-state index contributed by atoms with van der Waals surface area (Å²) in [6.45, 7) is 0. The van der Waals surface area contributed by atoms with Crippen molar-refractivity contribution in [2.45, 2.75) is 0 Å². The minimum Gasteiger partial charge on any atom is -0.366 e. The molecule has 1 aromatic carbocycles. The van der Waals surface area contributed by atoms with E-state index in [1.807, 2.05) is 6.07 Å².